The molecule has 144 valence electrons. The van der Waals surface area contributed by atoms with Crippen molar-refractivity contribution in [1.29, 1.82) is 0 Å². The molecule has 4 rings (SSSR count). The van der Waals surface area contributed by atoms with Gasteiger partial charge in [-0.05, 0) is 48.0 Å². The van der Waals surface area contributed by atoms with Crippen LogP contribution in [0.15, 0.2) is 91.0 Å². The van der Waals surface area contributed by atoms with Gasteiger partial charge in [0.05, 0.1) is 22.1 Å². The summed E-state index contributed by atoms with van der Waals surface area (Å²) in [4.78, 5) is 1.87. The number of phenolic OH excluding ortho intramolecular Hbond substituents is 1. The Labute approximate surface area is 184 Å². The Hall–Kier alpha value is -2.65. The molecule has 29 heavy (non-hydrogen) atoms. The highest BCUT2D eigenvalue weighted by atomic mass is 35.5. The third-order valence-corrected chi connectivity index (χ3v) is 5.35. The van der Waals surface area contributed by atoms with E-state index in [0.717, 1.165) is 16.8 Å². The zero-order valence-corrected chi connectivity index (χ0v) is 17.5. The number of aromatic hydroxyl groups is 1. The van der Waals surface area contributed by atoms with Gasteiger partial charge in [-0.25, -0.2) is 0 Å². The number of para-hydroxylation sites is 1. The second-order valence-corrected chi connectivity index (χ2v) is 7.73. The molecule has 0 aliphatic rings. The standard InChI is InChI=1S/C24H16Cl3NO/c25-17-10-12-20(27)22(14-17)28(23-15-18(26)11-13-24(23)29)21-9-5-4-8-19(21)16-6-2-1-3-7-16/h1-15,29H. The van der Waals surface area contributed by atoms with Crippen molar-refractivity contribution in [2.45, 2.75) is 0 Å². The highest BCUT2D eigenvalue weighted by molar-refractivity contribution is 6.35. The normalized spacial score (nSPS) is 10.7. The van der Waals surface area contributed by atoms with Crippen LogP contribution >= 0.6 is 34.8 Å². The predicted octanol–water partition coefficient (Wildman–Crippen LogP) is 8.49. The van der Waals surface area contributed by atoms with Crippen LogP contribution in [0.1, 0.15) is 0 Å². The summed E-state index contributed by atoms with van der Waals surface area (Å²) >= 11 is 19.1. The van der Waals surface area contributed by atoms with Crippen LogP contribution in [0.4, 0.5) is 17.1 Å². The molecule has 2 nitrogen and oxygen atoms in total. The summed E-state index contributed by atoms with van der Waals surface area (Å²) in [7, 11) is 0. The topological polar surface area (TPSA) is 23.5 Å². The number of benzene rings is 4. The van der Waals surface area contributed by atoms with Crippen LogP contribution in [0.25, 0.3) is 11.1 Å². The summed E-state index contributed by atoms with van der Waals surface area (Å²) in [6.45, 7) is 0. The number of rotatable bonds is 4. The average Bonchev–Trinajstić information content (AvgIpc) is 2.74. The van der Waals surface area contributed by atoms with Gasteiger partial charge < -0.3 is 10.0 Å². The Kier molecular flexibility index (Phi) is 5.68. The Morgan fingerprint density at radius 2 is 1.21 bits per heavy atom. The van der Waals surface area contributed by atoms with Crippen LogP contribution in [0, 0.1) is 0 Å². The van der Waals surface area contributed by atoms with E-state index in [-0.39, 0.29) is 5.75 Å². The van der Waals surface area contributed by atoms with Gasteiger partial charge in [0.15, 0.2) is 0 Å². The van der Waals surface area contributed by atoms with E-state index >= 15 is 0 Å². The average molecular weight is 441 g/mol. The molecule has 0 atom stereocenters. The molecule has 5 heteroatoms. The van der Waals surface area contributed by atoms with Crippen LogP contribution in [0.3, 0.4) is 0 Å². The Balaban J connectivity index is 2.03. The van der Waals surface area contributed by atoms with Crippen molar-refractivity contribution < 1.29 is 5.11 Å². The van der Waals surface area contributed by atoms with Crippen LogP contribution < -0.4 is 4.90 Å². The molecule has 0 radical (unpaired) electrons. The molecule has 0 bridgehead atoms. The fraction of sp³-hybridized carbons (Fsp3) is 0. The highest BCUT2D eigenvalue weighted by Gasteiger charge is 2.22. The van der Waals surface area contributed by atoms with Crippen molar-refractivity contribution in [2.24, 2.45) is 0 Å². The largest absolute Gasteiger partial charge is 0.506 e. The number of phenols is 1. The van der Waals surface area contributed by atoms with E-state index in [0.29, 0.717) is 26.4 Å². The molecular weight excluding hydrogens is 425 g/mol. The van der Waals surface area contributed by atoms with E-state index in [1.807, 2.05) is 59.5 Å². The molecule has 1 N–H and O–H groups in total. The summed E-state index contributed by atoms with van der Waals surface area (Å²) in [5, 5.41) is 12.2. The molecular formula is C24H16Cl3NO. The van der Waals surface area contributed by atoms with Crippen molar-refractivity contribution in [3.8, 4) is 16.9 Å². The lowest BCUT2D eigenvalue weighted by Crippen LogP contribution is -2.12. The third-order valence-electron chi connectivity index (χ3n) is 4.56. The van der Waals surface area contributed by atoms with Crippen molar-refractivity contribution in [3.05, 3.63) is 106 Å². The maximum absolute atomic E-state index is 10.7. The molecule has 0 aliphatic heterocycles. The molecule has 4 aromatic rings. The lowest BCUT2D eigenvalue weighted by molar-refractivity contribution is 0.476. The summed E-state index contributed by atoms with van der Waals surface area (Å²) < 4.78 is 0. The van der Waals surface area contributed by atoms with Gasteiger partial charge in [-0.3, -0.25) is 0 Å². The molecule has 0 fully saturated rings. The zero-order chi connectivity index (χ0) is 20.4. The Bertz CT molecular complexity index is 1110. The van der Waals surface area contributed by atoms with E-state index in [2.05, 4.69) is 0 Å². The second kappa shape index (κ2) is 8.38. The molecule has 0 aromatic heterocycles. The van der Waals surface area contributed by atoms with Gasteiger partial charge in [0.2, 0.25) is 0 Å². The zero-order valence-electron chi connectivity index (χ0n) is 15.2. The lowest BCUT2D eigenvalue weighted by Gasteiger charge is -2.29. The first-order valence-electron chi connectivity index (χ1n) is 8.93. The summed E-state index contributed by atoms with van der Waals surface area (Å²) in [6, 6.07) is 28.1. The van der Waals surface area contributed by atoms with Crippen molar-refractivity contribution in [1.82, 2.24) is 0 Å². The van der Waals surface area contributed by atoms with E-state index in [4.69, 9.17) is 34.8 Å². The van der Waals surface area contributed by atoms with Gasteiger partial charge in [-0.2, -0.15) is 0 Å². The van der Waals surface area contributed by atoms with Crippen molar-refractivity contribution in [3.63, 3.8) is 0 Å². The van der Waals surface area contributed by atoms with Crippen LogP contribution in [0.2, 0.25) is 15.1 Å². The monoisotopic (exact) mass is 439 g/mol. The smallest absolute Gasteiger partial charge is 0.139 e. The van der Waals surface area contributed by atoms with Gasteiger partial charge in [-0.15, -0.1) is 0 Å². The van der Waals surface area contributed by atoms with Gasteiger partial charge in [0.1, 0.15) is 5.75 Å². The lowest BCUT2D eigenvalue weighted by atomic mass is 10.0. The second-order valence-electron chi connectivity index (χ2n) is 6.45. The predicted molar refractivity (Wildman–Crippen MR) is 123 cm³/mol. The molecule has 0 unspecified atom stereocenters. The van der Waals surface area contributed by atoms with E-state index in [9.17, 15) is 5.11 Å². The summed E-state index contributed by atoms with van der Waals surface area (Å²) in [5.41, 5.74) is 3.99. The molecule has 0 amide bonds. The van der Waals surface area contributed by atoms with E-state index in [1.54, 1.807) is 36.4 Å². The molecule has 4 aromatic carbocycles. The van der Waals surface area contributed by atoms with Gasteiger partial charge >= 0.3 is 0 Å². The Morgan fingerprint density at radius 1 is 0.586 bits per heavy atom. The fourth-order valence-electron chi connectivity index (χ4n) is 3.25. The first-order valence-corrected chi connectivity index (χ1v) is 10.1. The van der Waals surface area contributed by atoms with Crippen LogP contribution in [-0.2, 0) is 0 Å². The quantitative estimate of drug-likeness (QED) is 0.344. The molecule has 0 saturated heterocycles. The first kappa shape index (κ1) is 19.7. The first-order chi connectivity index (χ1) is 14.0. The SMILES string of the molecule is Oc1ccc(Cl)cc1N(c1cc(Cl)ccc1Cl)c1ccccc1-c1ccccc1. The van der Waals surface area contributed by atoms with Gasteiger partial charge in [0.25, 0.3) is 0 Å². The number of anilines is 3. The van der Waals surface area contributed by atoms with E-state index in [1.165, 1.54) is 0 Å². The van der Waals surface area contributed by atoms with Gasteiger partial charge in [-0.1, -0.05) is 83.3 Å². The maximum Gasteiger partial charge on any atom is 0.139 e. The van der Waals surface area contributed by atoms with Crippen LogP contribution in [0.5, 0.6) is 5.75 Å². The fourth-order valence-corrected chi connectivity index (χ4v) is 3.79. The molecule has 0 heterocycles. The maximum atomic E-state index is 10.7. The minimum absolute atomic E-state index is 0.0771. The van der Waals surface area contributed by atoms with E-state index < -0.39 is 0 Å². The number of hydrogen-bond donors (Lipinski definition) is 1. The summed E-state index contributed by atoms with van der Waals surface area (Å²) in [6.07, 6.45) is 0. The minimum atomic E-state index is 0.0771. The molecule has 0 spiro atoms. The van der Waals surface area contributed by atoms with Crippen molar-refractivity contribution >= 4 is 51.9 Å². The number of nitrogens with zero attached hydrogens (tertiary/aromatic N) is 1. The van der Waals surface area contributed by atoms with Crippen LogP contribution in [-0.4, -0.2) is 5.11 Å². The van der Waals surface area contributed by atoms with Crippen molar-refractivity contribution in [2.75, 3.05) is 4.90 Å². The minimum Gasteiger partial charge on any atom is -0.506 e. The summed E-state index contributed by atoms with van der Waals surface area (Å²) in [5.74, 6) is 0.0771. The Morgan fingerprint density at radius 3 is 1.97 bits per heavy atom. The van der Waals surface area contributed by atoms with Gasteiger partial charge in [0, 0.05) is 15.6 Å². The third kappa shape index (κ3) is 4.06. The number of halogens is 3. The number of hydrogen-bond acceptors (Lipinski definition) is 2. The molecule has 0 aliphatic carbocycles. The molecule has 0 saturated carbocycles. The highest BCUT2D eigenvalue weighted by Crippen LogP contribution is 2.47.